The summed E-state index contributed by atoms with van der Waals surface area (Å²) < 4.78 is 0.924. The fourth-order valence-corrected chi connectivity index (χ4v) is 2.59. The number of nitrogens with one attached hydrogen (secondary N) is 1. The van der Waals surface area contributed by atoms with E-state index in [4.69, 9.17) is 0 Å². The molecule has 0 aliphatic rings. The van der Waals surface area contributed by atoms with Crippen LogP contribution in [0.3, 0.4) is 0 Å². The molecule has 0 bridgehead atoms. The van der Waals surface area contributed by atoms with Crippen molar-refractivity contribution in [3.05, 3.63) is 58.7 Å². The Morgan fingerprint density at radius 3 is 2.53 bits per heavy atom. The number of rotatable bonds is 2. The lowest BCUT2D eigenvalue weighted by Gasteiger charge is -2.02. The highest BCUT2D eigenvalue weighted by atomic mass is 79.9. The summed E-state index contributed by atoms with van der Waals surface area (Å²) in [5.74, 6) is -0.953. The van der Waals surface area contributed by atoms with Gasteiger partial charge in [-0.3, -0.25) is 0 Å². The van der Waals surface area contributed by atoms with Crippen molar-refractivity contribution in [2.24, 2.45) is 0 Å². The molecule has 2 N–H and O–H groups in total. The van der Waals surface area contributed by atoms with Crippen molar-refractivity contribution in [3.63, 3.8) is 0 Å². The summed E-state index contributed by atoms with van der Waals surface area (Å²) in [6.45, 7) is 0. The van der Waals surface area contributed by atoms with Crippen LogP contribution in [-0.2, 0) is 0 Å². The maximum atomic E-state index is 11.4. The number of halogens is 1. The molecule has 4 heteroatoms. The first kappa shape index (κ1) is 12.0. The molecule has 0 fully saturated rings. The number of carbonyl (C=O) groups is 1. The Kier molecular flexibility index (Phi) is 2.87. The van der Waals surface area contributed by atoms with E-state index in [1.807, 2.05) is 48.5 Å². The molecule has 3 rings (SSSR count). The van der Waals surface area contributed by atoms with Crippen LogP contribution in [0.5, 0.6) is 0 Å². The molecule has 0 radical (unpaired) electrons. The van der Waals surface area contributed by atoms with E-state index in [0.29, 0.717) is 0 Å². The first-order chi connectivity index (χ1) is 9.16. The molecule has 0 spiro atoms. The number of carboxylic acid groups (broad SMARTS) is 1. The number of fused-ring (bicyclic) bond motifs is 1. The van der Waals surface area contributed by atoms with E-state index in [1.165, 1.54) is 0 Å². The van der Waals surface area contributed by atoms with Crippen LogP contribution in [0.4, 0.5) is 0 Å². The maximum absolute atomic E-state index is 11.4. The average Bonchev–Trinajstić information content (AvgIpc) is 2.78. The normalized spacial score (nSPS) is 10.8. The van der Waals surface area contributed by atoms with Crippen molar-refractivity contribution in [2.45, 2.75) is 0 Å². The van der Waals surface area contributed by atoms with Crippen LogP contribution in [-0.4, -0.2) is 16.1 Å². The van der Waals surface area contributed by atoms with E-state index >= 15 is 0 Å². The summed E-state index contributed by atoms with van der Waals surface area (Å²) in [7, 11) is 0. The van der Waals surface area contributed by atoms with Crippen LogP contribution in [0.2, 0.25) is 0 Å². The summed E-state index contributed by atoms with van der Waals surface area (Å²) >= 11 is 3.42. The lowest BCUT2D eigenvalue weighted by Crippen LogP contribution is -1.98. The van der Waals surface area contributed by atoms with Gasteiger partial charge in [-0.25, -0.2) is 4.79 Å². The Bertz CT molecular complexity index is 762. The van der Waals surface area contributed by atoms with Crippen LogP contribution in [0.1, 0.15) is 10.5 Å². The highest BCUT2D eigenvalue weighted by Crippen LogP contribution is 2.33. The third-order valence-corrected chi connectivity index (χ3v) is 3.53. The molecule has 2 aromatic carbocycles. The van der Waals surface area contributed by atoms with Gasteiger partial charge in [-0.2, -0.15) is 0 Å². The molecule has 1 heterocycles. The Labute approximate surface area is 118 Å². The fraction of sp³-hybridized carbons (Fsp3) is 0. The Morgan fingerprint density at radius 2 is 1.84 bits per heavy atom. The smallest absolute Gasteiger partial charge is 0.352 e. The van der Waals surface area contributed by atoms with Gasteiger partial charge >= 0.3 is 5.97 Å². The molecule has 3 nitrogen and oxygen atoms in total. The van der Waals surface area contributed by atoms with E-state index in [2.05, 4.69) is 20.9 Å². The molecule has 0 aliphatic carbocycles. The summed E-state index contributed by atoms with van der Waals surface area (Å²) in [6.07, 6.45) is 0. The van der Waals surface area contributed by atoms with Crippen LogP contribution < -0.4 is 0 Å². The minimum absolute atomic E-state index is 0.222. The van der Waals surface area contributed by atoms with Gasteiger partial charge in [0.25, 0.3) is 0 Å². The van der Waals surface area contributed by atoms with Crippen LogP contribution in [0, 0.1) is 0 Å². The largest absolute Gasteiger partial charge is 0.477 e. The number of hydrogen-bond donors (Lipinski definition) is 2. The minimum Gasteiger partial charge on any atom is -0.477 e. The molecule has 0 saturated carbocycles. The molecule has 3 aromatic rings. The number of carboxylic acids is 1. The summed E-state index contributed by atoms with van der Waals surface area (Å²) in [4.78, 5) is 14.4. The van der Waals surface area contributed by atoms with Gasteiger partial charge in [0.05, 0.1) is 0 Å². The lowest BCUT2D eigenvalue weighted by atomic mass is 10.0. The number of aromatic nitrogens is 1. The zero-order chi connectivity index (χ0) is 13.4. The number of hydrogen-bond acceptors (Lipinski definition) is 1. The van der Waals surface area contributed by atoms with Gasteiger partial charge < -0.3 is 10.1 Å². The standard InChI is InChI=1S/C15H10BrNO2/c16-10-6-7-12-11(8-10)13(14(17-12)15(18)19)9-4-2-1-3-5-9/h1-8,17H,(H,18,19). The van der Waals surface area contributed by atoms with Gasteiger partial charge in [0, 0.05) is 20.9 Å². The first-order valence-corrected chi connectivity index (χ1v) is 6.56. The predicted molar refractivity (Wildman–Crippen MR) is 78.4 cm³/mol. The van der Waals surface area contributed by atoms with Crippen molar-refractivity contribution < 1.29 is 9.90 Å². The second-order valence-corrected chi connectivity index (χ2v) is 5.15. The quantitative estimate of drug-likeness (QED) is 0.741. The topological polar surface area (TPSA) is 53.1 Å². The number of H-pyrrole nitrogens is 1. The van der Waals surface area contributed by atoms with Gasteiger partial charge in [0.2, 0.25) is 0 Å². The predicted octanol–water partition coefficient (Wildman–Crippen LogP) is 4.30. The molecular weight excluding hydrogens is 306 g/mol. The van der Waals surface area contributed by atoms with Gasteiger partial charge in [-0.1, -0.05) is 46.3 Å². The molecule has 94 valence electrons. The van der Waals surface area contributed by atoms with Crippen molar-refractivity contribution in [1.82, 2.24) is 4.98 Å². The van der Waals surface area contributed by atoms with Crippen molar-refractivity contribution >= 4 is 32.8 Å². The first-order valence-electron chi connectivity index (χ1n) is 5.77. The van der Waals surface area contributed by atoms with Crippen LogP contribution in [0.25, 0.3) is 22.0 Å². The van der Waals surface area contributed by atoms with Gasteiger partial charge in [0.15, 0.2) is 0 Å². The van der Waals surface area contributed by atoms with E-state index in [9.17, 15) is 9.90 Å². The van der Waals surface area contributed by atoms with E-state index in [1.54, 1.807) is 0 Å². The van der Waals surface area contributed by atoms with Crippen molar-refractivity contribution in [2.75, 3.05) is 0 Å². The van der Waals surface area contributed by atoms with Gasteiger partial charge in [-0.15, -0.1) is 0 Å². The Morgan fingerprint density at radius 1 is 1.11 bits per heavy atom. The lowest BCUT2D eigenvalue weighted by molar-refractivity contribution is 0.0692. The van der Waals surface area contributed by atoms with Crippen LogP contribution in [0.15, 0.2) is 53.0 Å². The van der Waals surface area contributed by atoms with E-state index < -0.39 is 5.97 Å². The van der Waals surface area contributed by atoms with E-state index in [0.717, 1.165) is 26.5 Å². The zero-order valence-corrected chi connectivity index (χ0v) is 11.4. The SMILES string of the molecule is O=C(O)c1[nH]c2ccc(Br)cc2c1-c1ccccc1. The zero-order valence-electron chi connectivity index (χ0n) is 9.85. The maximum Gasteiger partial charge on any atom is 0.352 e. The number of aromatic carboxylic acids is 1. The fourth-order valence-electron chi connectivity index (χ4n) is 2.23. The number of benzene rings is 2. The number of aromatic amines is 1. The molecule has 19 heavy (non-hydrogen) atoms. The van der Waals surface area contributed by atoms with Crippen molar-refractivity contribution in [3.8, 4) is 11.1 Å². The monoisotopic (exact) mass is 315 g/mol. The molecule has 0 amide bonds. The molecule has 1 aromatic heterocycles. The third kappa shape index (κ3) is 2.04. The molecular formula is C15H10BrNO2. The molecule has 0 saturated heterocycles. The second kappa shape index (κ2) is 4.55. The van der Waals surface area contributed by atoms with Crippen molar-refractivity contribution in [1.29, 1.82) is 0 Å². The third-order valence-electron chi connectivity index (χ3n) is 3.04. The molecule has 0 aliphatic heterocycles. The van der Waals surface area contributed by atoms with Crippen LogP contribution >= 0.6 is 15.9 Å². The molecule has 0 atom stereocenters. The summed E-state index contributed by atoms with van der Waals surface area (Å²) in [6, 6.07) is 15.2. The molecule has 0 unspecified atom stereocenters. The van der Waals surface area contributed by atoms with E-state index in [-0.39, 0.29) is 5.69 Å². The highest BCUT2D eigenvalue weighted by molar-refractivity contribution is 9.10. The average molecular weight is 316 g/mol. The highest BCUT2D eigenvalue weighted by Gasteiger charge is 2.18. The summed E-state index contributed by atoms with van der Waals surface area (Å²) in [5, 5.41) is 10.3. The Balaban J connectivity index is 2.40. The minimum atomic E-state index is -0.953. The Hall–Kier alpha value is -2.07. The second-order valence-electron chi connectivity index (χ2n) is 4.24. The summed E-state index contributed by atoms with van der Waals surface area (Å²) in [5.41, 5.74) is 2.66. The van der Waals surface area contributed by atoms with Gasteiger partial charge in [-0.05, 0) is 23.8 Å². The van der Waals surface area contributed by atoms with Gasteiger partial charge in [0.1, 0.15) is 5.69 Å².